The molecule has 6 nitrogen and oxygen atoms in total. The Labute approximate surface area is 159 Å². The van der Waals surface area contributed by atoms with Crippen LogP contribution in [0.3, 0.4) is 0 Å². The second kappa shape index (κ2) is 7.96. The first-order valence-corrected chi connectivity index (χ1v) is 9.42. The largest absolute Gasteiger partial charge is 0.477 e. The topological polar surface area (TPSA) is 76.6 Å². The van der Waals surface area contributed by atoms with Crippen molar-refractivity contribution in [2.24, 2.45) is 0 Å². The third kappa shape index (κ3) is 4.06. The number of hydrogen-bond donors (Lipinski definition) is 2. The lowest BCUT2D eigenvalue weighted by Gasteiger charge is -2.36. The summed E-state index contributed by atoms with van der Waals surface area (Å²) >= 11 is 0. The maximum Gasteiger partial charge on any atom is 0.341 e. The molecule has 1 aromatic heterocycles. The van der Waals surface area contributed by atoms with E-state index >= 15 is 0 Å². The van der Waals surface area contributed by atoms with Crippen LogP contribution in [0.5, 0.6) is 0 Å². The molecule has 2 N–H and O–H groups in total. The van der Waals surface area contributed by atoms with Gasteiger partial charge in [-0.25, -0.2) is 4.79 Å². The zero-order chi connectivity index (χ0) is 19.6. The van der Waals surface area contributed by atoms with Crippen LogP contribution in [0, 0.1) is 0 Å². The highest BCUT2D eigenvalue weighted by molar-refractivity contribution is 5.88. The standard InChI is InChI=1S/C21H27N3O3/c1-4-14-13-18(21(26)27)20(25)22-19(14)15-5-7-17(8-6-15)24-11-9-16(10-12-24)23(2)3/h5-8,13,16H,4,9-12H2,1-3H3,(H,22,25)(H,26,27). The number of rotatable bonds is 5. The van der Waals surface area contributed by atoms with Gasteiger partial charge in [-0.2, -0.15) is 0 Å². The number of carboxylic acid groups (broad SMARTS) is 1. The number of carbonyl (C=O) groups is 1. The molecule has 0 bridgehead atoms. The number of aryl methyl sites for hydroxylation is 1. The first-order chi connectivity index (χ1) is 12.9. The van der Waals surface area contributed by atoms with Crippen LogP contribution in [0.25, 0.3) is 11.3 Å². The molecule has 0 saturated carbocycles. The lowest BCUT2D eigenvalue weighted by Crippen LogP contribution is -2.41. The van der Waals surface area contributed by atoms with Crippen LogP contribution in [0.4, 0.5) is 5.69 Å². The third-order valence-electron chi connectivity index (χ3n) is 5.45. The van der Waals surface area contributed by atoms with Gasteiger partial charge in [-0.15, -0.1) is 0 Å². The monoisotopic (exact) mass is 369 g/mol. The molecule has 0 unspecified atom stereocenters. The van der Waals surface area contributed by atoms with Crippen molar-refractivity contribution >= 4 is 11.7 Å². The highest BCUT2D eigenvalue weighted by Gasteiger charge is 2.21. The van der Waals surface area contributed by atoms with Crippen LogP contribution in [0.15, 0.2) is 35.1 Å². The number of H-pyrrole nitrogens is 1. The molecule has 27 heavy (non-hydrogen) atoms. The van der Waals surface area contributed by atoms with E-state index < -0.39 is 11.5 Å². The van der Waals surface area contributed by atoms with Gasteiger partial charge in [0.15, 0.2) is 0 Å². The van der Waals surface area contributed by atoms with Crippen LogP contribution in [0.1, 0.15) is 35.7 Å². The first kappa shape index (κ1) is 19.2. The summed E-state index contributed by atoms with van der Waals surface area (Å²) in [7, 11) is 4.27. The van der Waals surface area contributed by atoms with Crippen LogP contribution in [-0.4, -0.2) is 54.2 Å². The Kier molecular flexibility index (Phi) is 5.65. The number of anilines is 1. The second-order valence-electron chi connectivity index (χ2n) is 7.30. The van der Waals surface area contributed by atoms with Gasteiger partial charge in [-0.05, 0) is 62.7 Å². The van der Waals surface area contributed by atoms with Gasteiger partial charge in [0.1, 0.15) is 5.56 Å². The quantitative estimate of drug-likeness (QED) is 0.848. The van der Waals surface area contributed by atoms with Crippen molar-refractivity contribution in [2.75, 3.05) is 32.1 Å². The van der Waals surface area contributed by atoms with Crippen molar-refractivity contribution in [3.63, 3.8) is 0 Å². The Morgan fingerprint density at radius 2 is 1.85 bits per heavy atom. The molecule has 3 rings (SSSR count). The molecular formula is C21H27N3O3. The summed E-state index contributed by atoms with van der Waals surface area (Å²) in [5, 5.41) is 9.15. The summed E-state index contributed by atoms with van der Waals surface area (Å²) in [6, 6.07) is 10.3. The van der Waals surface area contributed by atoms with E-state index in [1.54, 1.807) is 0 Å². The summed E-state index contributed by atoms with van der Waals surface area (Å²) in [5.74, 6) is -1.20. The summed E-state index contributed by atoms with van der Waals surface area (Å²) in [6.07, 6.45) is 2.95. The number of nitrogens with zero attached hydrogens (tertiary/aromatic N) is 2. The molecule has 0 aliphatic carbocycles. The Hall–Kier alpha value is -2.60. The predicted octanol–water partition coefficient (Wildman–Crippen LogP) is 2.83. The fourth-order valence-electron chi connectivity index (χ4n) is 3.75. The smallest absolute Gasteiger partial charge is 0.341 e. The molecule has 1 saturated heterocycles. The fraction of sp³-hybridized carbons (Fsp3) is 0.429. The Bertz CT molecular complexity index is 863. The molecule has 2 aromatic rings. The van der Waals surface area contributed by atoms with Gasteiger partial charge in [-0.3, -0.25) is 4.79 Å². The van der Waals surface area contributed by atoms with Crippen molar-refractivity contribution in [3.8, 4) is 11.3 Å². The summed E-state index contributed by atoms with van der Waals surface area (Å²) in [6.45, 7) is 4.02. The lowest BCUT2D eigenvalue weighted by molar-refractivity contribution is 0.0695. The molecule has 1 fully saturated rings. The van der Waals surface area contributed by atoms with E-state index in [0.717, 1.165) is 37.1 Å². The molecule has 0 radical (unpaired) electrons. The molecule has 6 heteroatoms. The van der Waals surface area contributed by atoms with E-state index in [-0.39, 0.29) is 5.56 Å². The van der Waals surface area contributed by atoms with Crippen molar-refractivity contribution in [2.45, 2.75) is 32.2 Å². The summed E-state index contributed by atoms with van der Waals surface area (Å²) in [4.78, 5) is 30.7. The zero-order valence-corrected chi connectivity index (χ0v) is 16.2. The van der Waals surface area contributed by atoms with E-state index in [0.29, 0.717) is 18.2 Å². The molecule has 0 amide bonds. The number of hydrogen-bond acceptors (Lipinski definition) is 4. The number of benzene rings is 1. The van der Waals surface area contributed by atoms with Gasteiger partial charge in [0.25, 0.3) is 5.56 Å². The molecule has 1 aliphatic heterocycles. The van der Waals surface area contributed by atoms with E-state index in [2.05, 4.69) is 41.0 Å². The van der Waals surface area contributed by atoms with E-state index in [1.807, 2.05) is 19.1 Å². The maximum atomic E-state index is 12.1. The highest BCUT2D eigenvalue weighted by Crippen LogP contribution is 2.27. The SMILES string of the molecule is CCc1cc(C(=O)O)c(=O)[nH]c1-c1ccc(N2CCC(N(C)C)CC2)cc1. The van der Waals surface area contributed by atoms with Crippen LogP contribution < -0.4 is 10.5 Å². The van der Waals surface area contributed by atoms with E-state index in [9.17, 15) is 9.59 Å². The minimum Gasteiger partial charge on any atom is -0.477 e. The summed E-state index contributed by atoms with van der Waals surface area (Å²) < 4.78 is 0. The third-order valence-corrected chi connectivity index (χ3v) is 5.45. The number of piperidine rings is 1. The number of aromatic amines is 1. The Balaban J connectivity index is 1.83. The van der Waals surface area contributed by atoms with Crippen LogP contribution in [0.2, 0.25) is 0 Å². The van der Waals surface area contributed by atoms with Gasteiger partial charge in [0, 0.05) is 24.8 Å². The molecule has 1 aromatic carbocycles. The van der Waals surface area contributed by atoms with Gasteiger partial charge in [0.05, 0.1) is 5.69 Å². The van der Waals surface area contributed by atoms with Crippen LogP contribution >= 0.6 is 0 Å². The van der Waals surface area contributed by atoms with Crippen molar-refractivity contribution in [3.05, 3.63) is 51.8 Å². The molecule has 1 aliphatic rings. The van der Waals surface area contributed by atoms with E-state index in [4.69, 9.17) is 5.11 Å². The van der Waals surface area contributed by atoms with Gasteiger partial charge in [-0.1, -0.05) is 19.1 Å². The maximum absolute atomic E-state index is 12.1. The van der Waals surface area contributed by atoms with Gasteiger partial charge in [0.2, 0.25) is 0 Å². The second-order valence-corrected chi connectivity index (χ2v) is 7.30. The minimum absolute atomic E-state index is 0.212. The van der Waals surface area contributed by atoms with Crippen LogP contribution in [-0.2, 0) is 6.42 Å². The van der Waals surface area contributed by atoms with E-state index in [1.165, 1.54) is 11.8 Å². The molecule has 0 spiro atoms. The van der Waals surface area contributed by atoms with Gasteiger partial charge >= 0.3 is 5.97 Å². The number of carboxylic acids is 1. The van der Waals surface area contributed by atoms with Crippen molar-refractivity contribution < 1.29 is 9.90 Å². The number of nitrogens with one attached hydrogen (secondary N) is 1. The lowest BCUT2D eigenvalue weighted by atomic mass is 10.0. The number of aromatic nitrogens is 1. The normalized spacial score (nSPS) is 15.3. The van der Waals surface area contributed by atoms with Gasteiger partial charge < -0.3 is 19.9 Å². The summed E-state index contributed by atoms with van der Waals surface area (Å²) in [5.41, 5.74) is 2.82. The zero-order valence-electron chi connectivity index (χ0n) is 16.2. The number of pyridine rings is 1. The highest BCUT2D eigenvalue weighted by atomic mass is 16.4. The average molecular weight is 369 g/mol. The molecule has 0 atom stereocenters. The fourth-order valence-corrected chi connectivity index (χ4v) is 3.75. The predicted molar refractivity (Wildman–Crippen MR) is 108 cm³/mol. The molecule has 144 valence electrons. The Morgan fingerprint density at radius 3 is 2.37 bits per heavy atom. The molecule has 2 heterocycles. The Morgan fingerprint density at radius 1 is 1.22 bits per heavy atom. The molecular weight excluding hydrogens is 342 g/mol. The first-order valence-electron chi connectivity index (χ1n) is 9.42. The number of aromatic carboxylic acids is 1. The van der Waals surface area contributed by atoms with Crippen molar-refractivity contribution in [1.29, 1.82) is 0 Å². The van der Waals surface area contributed by atoms with Crippen molar-refractivity contribution in [1.82, 2.24) is 9.88 Å². The average Bonchev–Trinajstić information content (AvgIpc) is 2.67. The minimum atomic E-state index is -1.20.